The van der Waals surface area contributed by atoms with Crippen LogP contribution in [0.3, 0.4) is 0 Å². The molecule has 2 aromatic carbocycles. The Morgan fingerprint density at radius 3 is 2.47 bits per heavy atom. The maximum absolute atomic E-state index is 3.87. The van der Waals surface area contributed by atoms with Gasteiger partial charge in [-0.3, -0.25) is 0 Å². The Balaban J connectivity index is 2.25. The van der Waals surface area contributed by atoms with Gasteiger partial charge in [-0.2, -0.15) is 0 Å². The maximum atomic E-state index is 3.87. The molecule has 2 aromatic rings. The normalized spacial score (nSPS) is 12.4. The van der Waals surface area contributed by atoms with Crippen molar-refractivity contribution in [2.45, 2.75) is 38.4 Å². The van der Waals surface area contributed by atoms with E-state index < -0.39 is 0 Å². The van der Waals surface area contributed by atoms with Crippen molar-refractivity contribution in [1.29, 1.82) is 0 Å². The molecule has 0 saturated carbocycles. The van der Waals surface area contributed by atoms with Crippen molar-refractivity contribution < 1.29 is 0 Å². The molecule has 19 heavy (non-hydrogen) atoms. The summed E-state index contributed by atoms with van der Waals surface area (Å²) in [6, 6.07) is 15.4. The van der Waals surface area contributed by atoms with Gasteiger partial charge in [-0.25, -0.2) is 0 Å². The molecule has 1 atom stereocenters. The molecule has 0 aliphatic rings. The molecule has 0 aliphatic heterocycles. The highest BCUT2D eigenvalue weighted by Crippen LogP contribution is 2.31. The van der Waals surface area contributed by atoms with Crippen molar-refractivity contribution >= 4 is 15.9 Å². The summed E-state index contributed by atoms with van der Waals surface area (Å²) in [5, 5.41) is 0. The Kier molecular flexibility index (Phi) is 4.81. The number of aryl methyl sites for hydroxylation is 3. The smallest absolute Gasteiger partial charge is 0.0438 e. The Morgan fingerprint density at radius 2 is 1.74 bits per heavy atom. The number of benzene rings is 2. The zero-order valence-corrected chi connectivity index (χ0v) is 13.5. The van der Waals surface area contributed by atoms with Gasteiger partial charge in [-0.05, 0) is 48.9 Å². The lowest BCUT2D eigenvalue weighted by Gasteiger charge is -2.16. The quantitative estimate of drug-likeness (QED) is 0.649. The fourth-order valence-electron chi connectivity index (χ4n) is 2.48. The summed E-state index contributed by atoms with van der Waals surface area (Å²) in [7, 11) is 0. The van der Waals surface area contributed by atoms with E-state index in [4.69, 9.17) is 0 Å². The van der Waals surface area contributed by atoms with Crippen LogP contribution in [0.25, 0.3) is 0 Å². The van der Waals surface area contributed by atoms with Gasteiger partial charge in [0.2, 0.25) is 0 Å². The predicted molar refractivity (Wildman–Crippen MR) is 87.1 cm³/mol. The van der Waals surface area contributed by atoms with Crippen LogP contribution in [0.4, 0.5) is 0 Å². The van der Waals surface area contributed by atoms with Gasteiger partial charge in [0, 0.05) is 4.83 Å². The number of rotatable bonds is 4. The summed E-state index contributed by atoms with van der Waals surface area (Å²) in [5.74, 6) is 0. The van der Waals surface area contributed by atoms with Gasteiger partial charge in [-0.15, -0.1) is 0 Å². The van der Waals surface area contributed by atoms with Crippen LogP contribution >= 0.6 is 15.9 Å². The van der Waals surface area contributed by atoms with Crippen LogP contribution in [0.5, 0.6) is 0 Å². The van der Waals surface area contributed by atoms with Crippen LogP contribution in [0.2, 0.25) is 0 Å². The molecular weight excluding hydrogens is 296 g/mol. The molecule has 0 fully saturated rings. The molecule has 1 heteroatoms. The van der Waals surface area contributed by atoms with E-state index in [0.29, 0.717) is 4.83 Å². The molecule has 0 saturated heterocycles. The first-order chi connectivity index (χ1) is 9.11. The number of halogens is 1. The Bertz CT molecular complexity index is 557. The van der Waals surface area contributed by atoms with Crippen molar-refractivity contribution in [3.05, 3.63) is 70.3 Å². The molecule has 0 aromatic heterocycles. The first-order valence-corrected chi connectivity index (χ1v) is 7.81. The Morgan fingerprint density at radius 1 is 1.00 bits per heavy atom. The van der Waals surface area contributed by atoms with E-state index in [1.807, 2.05) is 0 Å². The van der Waals surface area contributed by atoms with Crippen LogP contribution in [0, 0.1) is 13.8 Å². The van der Waals surface area contributed by atoms with E-state index in [-0.39, 0.29) is 0 Å². The summed E-state index contributed by atoms with van der Waals surface area (Å²) >= 11 is 3.87. The monoisotopic (exact) mass is 316 g/mol. The molecule has 0 bridgehead atoms. The third kappa shape index (κ3) is 3.48. The fourth-order valence-corrected chi connectivity index (χ4v) is 3.28. The zero-order valence-electron chi connectivity index (χ0n) is 11.9. The van der Waals surface area contributed by atoms with E-state index in [9.17, 15) is 0 Å². The van der Waals surface area contributed by atoms with Gasteiger partial charge in [0.1, 0.15) is 0 Å². The van der Waals surface area contributed by atoms with Crippen LogP contribution in [0.1, 0.15) is 39.6 Å². The van der Waals surface area contributed by atoms with Gasteiger partial charge in [0.25, 0.3) is 0 Å². The lowest BCUT2D eigenvalue weighted by atomic mass is 9.95. The first-order valence-electron chi connectivity index (χ1n) is 6.89. The van der Waals surface area contributed by atoms with Crippen LogP contribution in [-0.2, 0) is 12.8 Å². The van der Waals surface area contributed by atoms with Crippen molar-refractivity contribution in [3.63, 3.8) is 0 Å². The molecule has 100 valence electrons. The highest BCUT2D eigenvalue weighted by molar-refractivity contribution is 9.09. The highest BCUT2D eigenvalue weighted by Gasteiger charge is 2.13. The number of hydrogen-bond acceptors (Lipinski definition) is 0. The maximum Gasteiger partial charge on any atom is 0.0438 e. The molecule has 0 aliphatic carbocycles. The third-order valence-corrected chi connectivity index (χ3v) is 4.49. The van der Waals surface area contributed by atoms with Crippen molar-refractivity contribution in [1.82, 2.24) is 0 Å². The molecule has 0 nitrogen and oxygen atoms in total. The molecule has 0 amide bonds. The second-order valence-corrected chi connectivity index (χ2v) is 6.26. The fraction of sp³-hybridized carbons (Fsp3) is 0.333. The highest BCUT2D eigenvalue weighted by atomic mass is 79.9. The average molecular weight is 317 g/mol. The molecule has 0 N–H and O–H groups in total. The van der Waals surface area contributed by atoms with Crippen molar-refractivity contribution in [3.8, 4) is 0 Å². The summed E-state index contributed by atoms with van der Waals surface area (Å²) in [6.07, 6.45) is 2.13. The van der Waals surface area contributed by atoms with E-state index in [0.717, 1.165) is 12.8 Å². The van der Waals surface area contributed by atoms with Crippen LogP contribution < -0.4 is 0 Å². The summed E-state index contributed by atoms with van der Waals surface area (Å²) < 4.78 is 0. The van der Waals surface area contributed by atoms with Gasteiger partial charge in [0.15, 0.2) is 0 Å². The van der Waals surface area contributed by atoms with E-state index in [1.54, 1.807) is 0 Å². The minimum atomic E-state index is 0.393. The molecule has 0 radical (unpaired) electrons. The second-order valence-electron chi connectivity index (χ2n) is 5.15. The van der Waals surface area contributed by atoms with E-state index >= 15 is 0 Å². The lowest BCUT2D eigenvalue weighted by molar-refractivity contribution is 0.912. The van der Waals surface area contributed by atoms with E-state index in [2.05, 4.69) is 79.2 Å². The Hall–Kier alpha value is -1.08. The van der Waals surface area contributed by atoms with Gasteiger partial charge in [-0.1, -0.05) is 70.9 Å². The van der Waals surface area contributed by atoms with E-state index in [1.165, 1.54) is 27.8 Å². The second kappa shape index (κ2) is 6.38. The zero-order chi connectivity index (χ0) is 13.8. The third-order valence-electron chi connectivity index (χ3n) is 3.68. The summed E-state index contributed by atoms with van der Waals surface area (Å²) in [4.78, 5) is 0.393. The first kappa shape index (κ1) is 14.3. The largest absolute Gasteiger partial charge is 0.0835 e. The van der Waals surface area contributed by atoms with Gasteiger partial charge >= 0.3 is 0 Å². The molecule has 1 unspecified atom stereocenters. The minimum Gasteiger partial charge on any atom is -0.0835 e. The Labute approximate surface area is 125 Å². The SMILES string of the molecule is CCc1ccccc1C(Br)Cc1cc(C)ccc1C. The molecule has 2 rings (SSSR count). The standard InChI is InChI=1S/C18H21Br/c1-4-15-7-5-6-8-17(15)18(19)12-16-11-13(2)9-10-14(16)3/h5-11,18H,4,12H2,1-3H3. The topological polar surface area (TPSA) is 0 Å². The number of alkyl halides is 1. The summed E-state index contributed by atoms with van der Waals surface area (Å²) in [5.41, 5.74) is 7.02. The van der Waals surface area contributed by atoms with Gasteiger partial charge < -0.3 is 0 Å². The minimum absolute atomic E-state index is 0.393. The van der Waals surface area contributed by atoms with Crippen molar-refractivity contribution in [2.24, 2.45) is 0 Å². The lowest BCUT2D eigenvalue weighted by Crippen LogP contribution is -2.01. The number of hydrogen-bond donors (Lipinski definition) is 0. The molecular formula is C18H21Br. The predicted octanol–water partition coefficient (Wildman–Crippen LogP) is 5.54. The van der Waals surface area contributed by atoms with Crippen molar-refractivity contribution in [2.75, 3.05) is 0 Å². The molecule has 0 heterocycles. The van der Waals surface area contributed by atoms with Gasteiger partial charge in [0.05, 0.1) is 0 Å². The van der Waals surface area contributed by atoms with Crippen LogP contribution in [-0.4, -0.2) is 0 Å². The van der Waals surface area contributed by atoms with Crippen LogP contribution in [0.15, 0.2) is 42.5 Å². The average Bonchev–Trinajstić information content (AvgIpc) is 2.42. The molecule has 0 spiro atoms. The summed E-state index contributed by atoms with van der Waals surface area (Å²) in [6.45, 7) is 6.57.